The van der Waals surface area contributed by atoms with Crippen LogP contribution < -0.4 is 5.32 Å². The van der Waals surface area contributed by atoms with Gasteiger partial charge in [0.15, 0.2) is 0 Å². The number of halogens is 2. The van der Waals surface area contributed by atoms with Crippen LogP contribution in [0.4, 0.5) is 4.39 Å². The molecule has 0 saturated carbocycles. The summed E-state index contributed by atoms with van der Waals surface area (Å²) in [7, 11) is 0. The maximum atomic E-state index is 12.7. The van der Waals surface area contributed by atoms with Gasteiger partial charge in [-0.05, 0) is 35.4 Å². The average molecular weight is 324 g/mol. The molecule has 0 bridgehead atoms. The van der Waals surface area contributed by atoms with Crippen molar-refractivity contribution < 1.29 is 9.50 Å². The quantitative estimate of drug-likeness (QED) is 0.883. The van der Waals surface area contributed by atoms with Crippen LogP contribution in [-0.2, 0) is 6.54 Å². The molecular formula is C15H15BrFNO. The molecule has 2 aromatic carbocycles. The van der Waals surface area contributed by atoms with E-state index in [0.29, 0.717) is 13.1 Å². The molecule has 0 radical (unpaired) electrons. The first kappa shape index (κ1) is 14.2. The lowest BCUT2D eigenvalue weighted by atomic mass is 10.1. The van der Waals surface area contributed by atoms with E-state index >= 15 is 0 Å². The normalized spacial score (nSPS) is 12.4. The van der Waals surface area contributed by atoms with Crippen molar-refractivity contribution in [3.05, 3.63) is 69.9 Å². The highest BCUT2D eigenvalue weighted by molar-refractivity contribution is 9.10. The molecule has 2 rings (SSSR count). The first-order valence-corrected chi connectivity index (χ1v) is 6.83. The Morgan fingerprint density at radius 3 is 2.58 bits per heavy atom. The summed E-state index contributed by atoms with van der Waals surface area (Å²) in [5.41, 5.74) is 1.85. The Hall–Kier alpha value is -1.23. The highest BCUT2D eigenvalue weighted by Crippen LogP contribution is 2.17. The van der Waals surface area contributed by atoms with Crippen LogP contribution >= 0.6 is 15.9 Å². The lowest BCUT2D eigenvalue weighted by Crippen LogP contribution is -2.21. The molecular weight excluding hydrogens is 309 g/mol. The molecule has 0 heterocycles. The van der Waals surface area contributed by atoms with E-state index in [2.05, 4.69) is 21.2 Å². The number of hydrogen-bond donors (Lipinski definition) is 2. The van der Waals surface area contributed by atoms with Crippen molar-refractivity contribution in [3.8, 4) is 0 Å². The maximum absolute atomic E-state index is 12.7. The molecule has 2 nitrogen and oxygen atoms in total. The van der Waals surface area contributed by atoms with E-state index in [1.54, 1.807) is 12.1 Å². The maximum Gasteiger partial charge on any atom is 0.123 e. The van der Waals surface area contributed by atoms with Crippen molar-refractivity contribution in [2.45, 2.75) is 12.6 Å². The van der Waals surface area contributed by atoms with Gasteiger partial charge in [-0.1, -0.05) is 40.2 Å². The summed E-state index contributed by atoms with van der Waals surface area (Å²) in [6.45, 7) is 1.05. The molecule has 0 aliphatic heterocycles. The zero-order valence-electron chi connectivity index (χ0n) is 10.3. The van der Waals surface area contributed by atoms with Gasteiger partial charge in [0.2, 0.25) is 0 Å². The number of aliphatic hydroxyl groups is 1. The van der Waals surface area contributed by atoms with E-state index in [4.69, 9.17) is 0 Å². The SMILES string of the molecule is OC(CNCc1ccc(F)cc1)c1cccc(Br)c1. The first-order chi connectivity index (χ1) is 9.15. The molecule has 19 heavy (non-hydrogen) atoms. The van der Waals surface area contributed by atoms with Crippen molar-refractivity contribution in [3.63, 3.8) is 0 Å². The summed E-state index contributed by atoms with van der Waals surface area (Å²) in [5.74, 6) is -0.238. The number of rotatable bonds is 5. The van der Waals surface area contributed by atoms with Gasteiger partial charge in [0, 0.05) is 17.6 Å². The second-order valence-corrected chi connectivity index (χ2v) is 5.24. The molecule has 0 amide bonds. The van der Waals surface area contributed by atoms with E-state index in [1.165, 1.54) is 12.1 Å². The molecule has 1 unspecified atom stereocenters. The minimum Gasteiger partial charge on any atom is -0.387 e. The molecule has 0 aliphatic carbocycles. The van der Waals surface area contributed by atoms with Crippen LogP contribution in [0.25, 0.3) is 0 Å². The number of benzene rings is 2. The van der Waals surface area contributed by atoms with Crippen molar-refractivity contribution in [1.82, 2.24) is 5.32 Å². The van der Waals surface area contributed by atoms with Crippen LogP contribution in [0.15, 0.2) is 53.0 Å². The Morgan fingerprint density at radius 1 is 1.16 bits per heavy atom. The third-order valence-electron chi connectivity index (χ3n) is 2.81. The summed E-state index contributed by atoms with van der Waals surface area (Å²) >= 11 is 3.38. The van der Waals surface area contributed by atoms with Crippen LogP contribution in [0.3, 0.4) is 0 Å². The largest absolute Gasteiger partial charge is 0.387 e. The fourth-order valence-electron chi connectivity index (χ4n) is 1.79. The van der Waals surface area contributed by atoms with Gasteiger partial charge < -0.3 is 10.4 Å². The molecule has 1 atom stereocenters. The first-order valence-electron chi connectivity index (χ1n) is 6.04. The van der Waals surface area contributed by atoms with Gasteiger partial charge in [-0.15, -0.1) is 0 Å². The van der Waals surface area contributed by atoms with E-state index < -0.39 is 6.10 Å². The molecule has 0 spiro atoms. The predicted molar refractivity (Wildman–Crippen MR) is 77.2 cm³/mol. The summed E-state index contributed by atoms with van der Waals surface area (Å²) in [4.78, 5) is 0. The van der Waals surface area contributed by atoms with Crippen molar-refractivity contribution in [2.24, 2.45) is 0 Å². The molecule has 100 valence electrons. The van der Waals surface area contributed by atoms with Gasteiger partial charge in [-0.25, -0.2) is 4.39 Å². The number of nitrogens with one attached hydrogen (secondary N) is 1. The minimum absolute atomic E-state index is 0.238. The predicted octanol–water partition coefficient (Wildman–Crippen LogP) is 3.41. The molecule has 2 aromatic rings. The Labute approximate surface area is 120 Å². The van der Waals surface area contributed by atoms with Gasteiger partial charge in [-0.3, -0.25) is 0 Å². The highest BCUT2D eigenvalue weighted by Gasteiger charge is 2.07. The van der Waals surface area contributed by atoms with E-state index in [-0.39, 0.29) is 5.82 Å². The Bertz CT molecular complexity index is 530. The Kier molecular flexibility index (Phi) is 5.07. The third-order valence-corrected chi connectivity index (χ3v) is 3.31. The van der Waals surface area contributed by atoms with Gasteiger partial charge in [0.1, 0.15) is 5.82 Å². The van der Waals surface area contributed by atoms with Crippen molar-refractivity contribution in [2.75, 3.05) is 6.54 Å². The highest BCUT2D eigenvalue weighted by atomic mass is 79.9. The topological polar surface area (TPSA) is 32.3 Å². The summed E-state index contributed by atoms with van der Waals surface area (Å²) in [6, 6.07) is 13.9. The fraction of sp³-hybridized carbons (Fsp3) is 0.200. The second kappa shape index (κ2) is 6.80. The summed E-state index contributed by atoms with van der Waals surface area (Å²) in [5, 5.41) is 13.2. The monoisotopic (exact) mass is 323 g/mol. The van der Waals surface area contributed by atoms with E-state index in [0.717, 1.165) is 15.6 Å². The van der Waals surface area contributed by atoms with Crippen LogP contribution in [0.1, 0.15) is 17.2 Å². The molecule has 0 saturated heterocycles. The lowest BCUT2D eigenvalue weighted by molar-refractivity contribution is 0.174. The fourth-order valence-corrected chi connectivity index (χ4v) is 2.20. The second-order valence-electron chi connectivity index (χ2n) is 4.33. The van der Waals surface area contributed by atoms with Crippen LogP contribution in [-0.4, -0.2) is 11.7 Å². The summed E-state index contributed by atoms with van der Waals surface area (Å²) < 4.78 is 13.7. The Balaban J connectivity index is 1.84. The van der Waals surface area contributed by atoms with E-state index in [1.807, 2.05) is 24.3 Å². The van der Waals surface area contributed by atoms with Gasteiger partial charge in [0.25, 0.3) is 0 Å². The molecule has 0 fully saturated rings. The molecule has 0 aromatic heterocycles. The minimum atomic E-state index is -0.557. The zero-order chi connectivity index (χ0) is 13.7. The molecule has 4 heteroatoms. The van der Waals surface area contributed by atoms with E-state index in [9.17, 15) is 9.50 Å². The van der Waals surface area contributed by atoms with Crippen LogP contribution in [0.5, 0.6) is 0 Å². The average Bonchev–Trinajstić information content (AvgIpc) is 2.41. The number of aliphatic hydroxyl groups excluding tert-OH is 1. The third kappa shape index (κ3) is 4.42. The van der Waals surface area contributed by atoms with Crippen molar-refractivity contribution in [1.29, 1.82) is 0 Å². The van der Waals surface area contributed by atoms with Crippen LogP contribution in [0.2, 0.25) is 0 Å². The molecule has 2 N–H and O–H groups in total. The standard InChI is InChI=1S/C15H15BrFNO/c16-13-3-1-2-12(8-13)15(19)10-18-9-11-4-6-14(17)7-5-11/h1-8,15,18-19H,9-10H2. The van der Waals surface area contributed by atoms with Crippen molar-refractivity contribution >= 4 is 15.9 Å². The van der Waals surface area contributed by atoms with Gasteiger partial charge >= 0.3 is 0 Å². The summed E-state index contributed by atoms with van der Waals surface area (Å²) in [6.07, 6.45) is -0.557. The van der Waals surface area contributed by atoms with Gasteiger partial charge in [-0.2, -0.15) is 0 Å². The zero-order valence-corrected chi connectivity index (χ0v) is 11.9. The van der Waals surface area contributed by atoms with Crippen LogP contribution in [0, 0.1) is 5.82 Å². The molecule has 0 aliphatic rings. The Morgan fingerprint density at radius 2 is 1.89 bits per heavy atom. The lowest BCUT2D eigenvalue weighted by Gasteiger charge is -2.12. The number of hydrogen-bond acceptors (Lipinski definition) is 2. The van der Waals surface area contributed by atoms with Gasteiger partial charge in [0.05, 0.1) is 6.10 Å². The smallest absolute Gasteiger partial charge is 0.123 e.